The van der Waals surface area contributed by atoms with E-state index in [0.29, 0.717) is 18.7 Å². The number of carbonyl (C=O) groups excluding carboxylic acids is 2. The van der Waals surface area contributed by atoms with Gasteiger partial charge in [0, 0.05) is 29.3 Å². The Morgan fingerprint density at radius 2 is 1.69 bits per heavy atom. The average molecular weight is 369 g/mol. The molecule has 1 fully saturated rings. The van der Waals surface area contributed by atoms with Crippen molar-refractivity contribution in [2.75, 3.05) is 17.2 Å². The van der Waals surface area contributed by atoms with Crippen LogP contribution in [0.4, 0.5) is 10.5 Å². The third kappa shape index (κ3) is 4.10. The van der Waals surface area contributed by atoms with Crippen LogP contribution in [0.25, 0.3) is 0 Å². The van der Waals surface area contributed by atoms with E-state index >= 15 is 0 Å². The normalized spacial score (nSPS) is 17.2. The Kier molecular flexibility index (Phi) is 5.99. The van der Waals surface area contributed by atoms with Crippen LogP contribution in [0.5, 0.6) is 0 Å². The Morgan fingerprint density at radius 3 is 2.31 bits per heavy atom. The van der Waals surface area contributed by atoms with Crippen molar-refractivity contribution in [3.63, 3.8) is 0 Å². The molecule has 0 unspecified atom stereocenters. The van der Waals surface area contributed by atoms with Gasteiger partial charge >= 0.3 is 6.03 Å². The average Bonchev–Trinajstić information content (AvgIpc) is 3.01. The molecular weight excluding hydrogens is 344 g/mol. The molecule has 5 heteroatoms. The Morgan fingerprint density at radius 1 is 1.08 bits per heavy atom. The second-order valence-electron chi connectivity index (χ2n) is 6.72. The third-order valence-corrected chi connectivity index (χ3v) is 5.59. The van der Waals surface area contributed by atoms with Gasteiger partial charge in [-0.1, -0.05) is 50.2 Å². The lowest BCUT2D eigenvalue weighted by atomic mass is 10.0. The van der Waals surface area contributed by atoms with Gasteiger partial charge < -0.3 is 0 Å². The van der Waals surface area contributed by atoms with Gasteiger partial charge in [-0.05, 0) is 30.2 Å². The summed E-state index contributed by atoms with van der Waals surface area (Å²) in [7, 11) is 0. The van der Waals surface area contributed by atoms with E-state index in [4.69, 9.17) is 0 Å². The summed E-state index contributed by atoms with van der Waals surface area (Å²) in [5.74, 6) is 0.803. The fraction of sp³-hybridized carbons (Fsp3) is 0.333. The summed E-state index contributed by atoms with van der Waals surface area (Å²) in [4.78, 5) is 30.1. The highest BCUT2D eigenvalue weighted by Crippen LogP contribution is 2.28. The molecule has 0 aromatic heterocycles. The first kappa shape index (κ1) is 18.5. The summed E-state index contributed by atoms with van der Waals surface area (Å²) < 4.78 is 0. The molecule has 1 aliphatic heterocycles. The number of hydrogen-bond acceptors (Lipinski definition) is 3. The smallest absolute Gasteiger partial charge is 0.292 e. The number of rotatable bonds is 6. The van der Waals surface area contributed by atoms with E-state index in [2.05, 4.69) is 13.8 Å². The van der Waals surface area contributed by atoms with Gasteiger partial charge in [0.25, 0.3) is 0 Å². The number of para-hydroxylation sites is 1. The van der Waals surface area contributed by atoms with Gasteiger partial charge in [0.2, 0.25) is 5.91 Å². The molecule has 4 nitrogen and oxygen atoms in total. The molecule has 1 atom stereocenters. The van der Waals surface area contributed by atoms with Crippen LogP contribution in [0, 0.1) is 5.92 Å². The van der Waals surface area contributed by atoms with Crippen LogP contribution < -0.4 is 4.90 Å². The molecule has 0 saturated carbocycles. The van der Waals surface area contributed by atoms with E-state index in [1.165, 1.54) is 4.90 Å². The summed E-state index contributed by atoms with van der Waals surface area (Å²) in [6.45, 7) is 4.68. The Hall–Kier alpha value is -2.27. The first-order chi connectivity index (χ1) is 12.6. The Balaban J connectivity index is 1.67. The minimum atomic E-state index is -0.204. The summed E-state index contributed by atoms with van der Waals surface area (Å²) in [6.07, 6.45) is 0.358. The second kappa shape index (κ2) is 8.41. The van der Waals surface area contributed by atoms with Gasteiger partial charge in [0.1, 0.15) is 0 Å². The molecule has 0 bridgehead atoms. The van der Waals surface area contributed by atoms with E-state index in [0.717, 1.165) is 10.6 Å². The van der Waals surface area contributed by atoms with Crippen molar-refractivity contribution in [3.8, 4) is 0 Å². The minimum absolute atomic E-state index is 0.0862. The molecule has 0 aliphatic carbocycles. The summed E-state index contributed by atoms with van der Waals surface area (Å²) in [5.41, 5.74) is 0.845. The lowest BCUT2D eigenvalue weighted by Crippen LogP contribution is -2.42. The fourth-order valence-electron chi connectivity index (χ4n) is 3.14. The maximum Gasteiger partial charge on any atom is 0.331 e. The quantitative estimate of drug-likeness (QED) is 0.696. The zero-order valence-electron chi connectivity index (χ0n) is 15.2. The van der Waals surface area contributed by atoms with Crippen molar-refractivity contribution in [2.24, 2.45) is 5.92 Å². The Labute approximate surface area is 159 Å². The van der Waals surface area contributed by atoms with Crippen molar-refractivity contribution in [1.29, 1.82) is 0 Å². The highest BCUT2D eigenvalue weighted by molar-refractivity contribution is 7.99. The van der Waals surface area contributed by atoms with E-state index in [1.807, 2.05) is 60.7 Å². The molecule has 3 rings (SSSR count). The number of urea groups is 1. The number of anilines is 1. The van der Waals surface area contributed by atoms with Gasteiger partial charge in [-0.15, -0.1) is 11.8 Å². The van der Waals surface area contributed by atoms with Crippen LogP contribution >= 0.6 is 11.8 Å². The van der Waals surface area contributed by atoms with Crippen LogP contribution in [0.3, 0.4) is 0 Å². The van der Waals surface area contributed by atoms with E-state index < -0.39 is 0 Å². The molecule has 0 N–H and O–H groups in total. The van der Waals surface area contributed by atoms with Crippen LogP contribution in [0.1, 0.15) is 20.3 Å². The second-order valence-corrected chi connectivity index (χ2v) is 7.88. The van der Waals surface area contributed by atoms with Crippen LogP contribution in [-0.4, -0.2) is 35.2 Å². The summed E-state index contributed by atoms with van der Waals surface area (Å²) >= 11 is 1.64. The van der Waals surface area contributed by atoms with Crippen molar-refractivity contribution >= 4 is 29.4 Å². The first-order valence-corrected chi connectivity index (χ1v) is 9.93. The van der Waals surface area contributed by atoms with Crippen LogP contribution in [-0.2, 0) is 4.79 Å². The van der Waals surface area contributed by atoms with Gasteiger partial charge in [-0.2, -0.15) is 0 Å². The number of amides is 3. The van der Waals surface area contributed by atoms with Gasteiger partial charge in [0.15, 0.2) is 0 Å². The van der Waals surface area contributed by atoms with Gasteiger partial charge in [-0.3, -0.25) is 14.6 Å². The fourth-order valence-corrected chi connectivity index (χ4v) is 4.00. The zero-order chi connectivity index (χ0) is 18.5. The SMILES string of the molecule is CC(C)[C@H]1CN(c2ccccc2)C(=O)N1C(=O)CCSc1ccccc1. The predicted molar refractivity (Wildman–Crippen MR) is 106 cm³/mol. The van der Waals surface area contributed by atoms with Crippen molar-refractivity contribution in [2.45, 2.75) is 31.2 Å². The number of benzene rings is 2. The first-order valence-electron chi connectivity index (χ1n) is 8.94. The van der Waals surface area contributed by atoms with Gasteiger partial charge in [-0.25, -0.2) is 4.79 Å². The third-order valence-electron chi connectivity index (χ3n) is 4.57. The molecule has 136 valence electrons. The van der Waals surface area contributed by atoms with E-state index in [1.54, 1.807) is 16.7 Å². The van der Waals surface area contributed by atoms with E-state index in [9.17, 15) is 9.59 Å². The van der Waals surface area contributed by atoms with Gasteiger partial charge in [0.05, 0.1) is 6.04 Å². The molecular formula is C21H24N2O2S. The molecule has 0 spiro atoms. The summed E-state index contributed by atoms with van der Waals surface area (Å²) in [6, 6.07) is 19.3. The highest BCUT2D eigenvalue weighted by atomic mass is 32.2. The molecule has 1 aliphatic rings. The van der Waals surface area contributed by atoms with Crippen molar-refractivity contribution < 1.29 is 9.59 Å². The number of imide groups is 1. The van der Waals surface area contributed by atoms with Crippen LogP contribution in [0.15, 0.2) is 65.6 Å². The molecule has 1 heterocycles. The number of thioether (sulfide) groups is 1. The number of nitrogens with zero attached hydrogens (tertiary/aromatic N) is 2. The topological polar surface area (TPSA) is 40.6 Å². The largest absolute Gasteiger partial charge is 0.331 e. The summed E-state index contributed by atoms with van der Waals surface area (Å²) in [5, 5.41) is 0. The predicted octanol–water partition coefficient (Wildman–Crippen LogP) is 4.66. The molecule has 2 aromatic carbocycles. The molecule has 1 saturated heterocycles. The zero-order valence-corrected chi connectivity index (χ0v) is 16.0. The lowest BCUT2D eigenvalue weighted by Gasteiger charge is -2.24. The Bertz CT molecular complexity index is 749. The monoisotopic (exact) mass is 368 g/mol. The lowest BCUT2D eigenvalue weighted by molar-refractivity contribution is -0.129. The van der Waals surface area contributed by atoms with Crippen molar-refractivity contribution in [1.82, 2.24) is 4.90 Å². The van der Waals surface area contributed by atoms with E-state index in [-0.39, 0.29) is 23.9 Å². The highest BCUT2D eigenvalue weighted by Gasteiger charge is 2.42. The molecule has 0 radical (unpaired) electrons. The maximum atomic E-state index is 12.9. The van der Waals surface area contributed by atoms with Crippen molar-refractivity contribution in [3.05, 3.63) is 60.7 Å². The molecule has 3 amide bonds. The number of carbonyl (C=O) groups is 2. The standard InChI is InChI=1S/C21H24N2O2S/c1-16(2)19-15-22(17-9-5-3-6-10-17)21(25)23(19)20(24)13-14-26-18-11-7-4-8-12-18/h3-12,16,19H,13-15H2,1-2H3/t19-/m1/s1. The molecule has 2 aromatic rings. The minimum Gasteiger partial charge on any atom is -0.292 e. The number of hydrogen-bond donors (Lipinski definition) is 0. The van der Waals surface area contributed by atoms with Crippen LogP contribution in [0.2, 0.25) is 0 Å². The molecule has 26 heavy (non-hydrogen) atoms. The maximum absolute atomic E-state index is 12.9.